The summed E-state index contributed by atoms with van der Waals surface area (Å²) in [5.41, 5.74) is 1.16. The molecule has 3 rings (SSSR count). The number of rotatable bonds is 6. The fraction of sp³-hybridized carbons (Fsp3) is 0.350. The smallest absolute Gasteiger partial charge is 0.337 e. The van der Waals surface area contributed by atoms with Crippen LogP contribution < -0.4 is 0 Å². The third kappa shape index (κ3) is 4.93. The van der Waals surface area contributed by atoms with Gasteiger partial charge in [-0.05, 0) is 30.2 Å². The van der Waals surface area contributed by atoms with Crippen molar-refractivity contribution in [2.75, 3.05) is 18.7 Å². The number of esters is 1. The van der Waals surface area contributed by atoms with Crippen molar-refractivity contribution < 1.29 is 29.0 Å². The van der Waals surface area contributed by atoms with Gasteiger partial charge in [-0.3, -0.25) is 9.59 Å². The molecule has 1 aromatic rings. The van der Waals surface area contributed by atoms with E-state index in [-0.39, 0.29) is 24.5 Å². The third-order valence-electron chi connectivity index (χ3n) is 4.82. The molecular formula is C20H19NO6S3. The van der Waals surface area contributed by atoms with Crippen LogP contribution in [0.4, 0.5) is 0 Å². The number of carbonyl (C=O) groups is 4. The summed E-state index contributed by atoms with van der Waals surface area (Å²) in [5, 5.41) is 9.21. The quantitative estimate of drug-likeness (QED) is 0.386. The number of ether oxygens (including phenoxy) is 1. The summed E-state index contributed by atoms with van der Waals surface area (Å²) in [6.45, 7) is 0. The molecule has 0 spiro atoms. The fourth-order valence-corrected chi connectivity index (χ4v) is 5.84. The zero-order valence-corrected chi connectivity index (χ0v) is 18.5. The summed E-state index contributed by atoms with van der Waals surface area (Å²) in [5.74, 6) is -1.69. The van der Waals surface area contributed by atoms with Gasteiger partial charge in [-0.15, -0.1) is 11.8 Å². The maximum absolute atomic E-state index is 12.8. The first-order chi connectivity index (χ1) is 14.3. The Morgan fingerprint density at radius 1 is 1.30 bits per heavy atom. The van der Waals surface area contributed by atoms with E-state index >= 15 is 0 Å². The van der Waals surface area contributed by atoms with Crippen molar-refractivity contribution in [3.8, 4) is 0 Å². The summed E-state index contributed by atoms with van der Waals surface area (Å²) >= 11 is 7.96. The number of carbonyl (C=O) groups excluding carboxylic acids is 3. The maximum atomic E-state index is 12.8. The van der Waals surface area contributed by atoms with E-state index in [1.54, 1.807) is 30.3 Å². The number of thiocarbonyl (C=S) groups is 1. The van der Waals surface area contributed by atoms with E-state index in [9.17, 15) is 24.3 Å². The molecule has 2 heterocycles. The Kier molecular flexibility index (Phi) is 7.32. The number of carboxylic acid groups (broad SMARTS) is 1. The van der Waals surface area contributed by atoms with Gasteiger partial charge in [0.1, 0.15) is 6.04 Å². The molecule has 2 unspecified atom stereocenters. The average molecular weight is 466 g/mol. The minimum Gasteiger partial charge on any atom is -0.480 e. The van der Waals surface area contributed by atoms with E-state index in [1.807, 2.05) is 0 Å². The van der Waals surface area contributed by atoms with Gasteiger partial charge in [0.15, 0.2) is 5.78 Å². The summed E-state index contributed by atoms with van der Waals surface area (Å²) in [6.07, 6.45) is 2.04. The van der Waals surface area contributed by atoms with Gasteiger partial charge in [0.2, 0.25) is 5.91 Å². The predicted molar refractivity (Wildman–Crippen MR) is 119 cm³/mol. The van der Waals surface area contributed by atoms with Crippen LogP contribution in [-0.4, -0.2) is 62.6 Å². The number of aliphatic carboxylic acids is 1. The van der Waals surface area contributed by atoms with Crippen molar-refractivity contribution in [3.05, 3.63) is 40.3 Å². The number of amides is 1. The van der Waals surface area contributed by atoms with E-state index in [0.29, 0.717) is 26.3 Å². The molecule has 2 aliphatic heterocycles. The molecule has 10 heteroatoms. The fourth-order valence-electron chi connectivity index (χ4n) is 3.15. The number of ketones is 1. The Morgan fingerprint density at radius 3 is 2.63 bits per heavy atom. The predicted octanol–water partition coefficient (Wildman–Crippen LogP) is 2.84. The minimum atomic E-state index is -1.01. The lowest BCUT2D eigenvalue weighted by Crippen LogP contribution is -2.41. The molecule has 1 amide bonds. The number of nitrogens with zero attached hydrogens (tertiary/aromatic N) is 1. The lowest BCUT2D eigenvalue weighted by Gasteiger charge is -2.20. The van der Waals surface area contributed by atoms with Crippen LogP contribution in [0.1, 0.15) is 28.8 Å². The highest BCUT2D eigenvalue weighted by molar-refractivity contribution is 8.27. The molecule has 2 fully saturated rings. The first-order valence-electron chi connectivity index (χ1n) is 9.08. The highest BCUT2D eigenvalue weighted by Crippen LogP contribution is 2.38. The van der Waals surface area contributed by atoms with Gasteiger partial charge in [0.05, 0.1) is 33.6 Å². The molecule has 0 saturated carbocycles. The van der Waals surface area contributed by atoms with E-state index in [4.69, 9.17) is 12.2 Å². The van der Waals surface area contributed by atoms with Crippen LogP contribution in [0, 0.1) is 5.92 Å². The molecule has 2 saturated heterocycles. The zero-order chi connectivity index (χ0) is 21.8. The van der Waals surface area contributed by atoms with Crippen LogP contribution in [0.25, 0.3) is 6.08 Å². The Labute approximate surface area is 187 Å². The molecule has 7 nitrogen and oxygen atoms in total. The highest BCUT2D eigenvalue weighted by Gasteiger charge is 2.38. The summed E-state index contributed by atoms with van der Waals surface area (Å²) in [4.78, 5) is 49.8. The SMILES string of the molecule is COC(=O)c1ccc(/C=C2/SC(=S)C(CCC(=O)N3CSCC3C(=O)O)C2=O)cc1. The minimum absolute atomic E-state index is 0.0720. The van der Waals surface area contributed by atoms with Crippen molar-refractivity contribution in [1.29, 1.82) is 0 Å². The van der Waals surface area contributed by atoms with Crippen molar-refractivity contribution in [1.82, 2.24) is 4.90 Å². The Balaban J connectivity index is 1.63. The van der Waals surface area contributed by atoms with Gasteiger partial charge >= 0.3 is 11.9 Å². The van der Waals surface area contributed by atoms with Crippen molar-refractivity contribution in [2.24, 2.45) is 5.92 Å². The topological polar surface area (TPSA) is 101 Å². The van der Waals surface area contributed by atoms with Crippen LogP contribution in [0.2, 0.25) is 0 Å². The first-order valence-corrected chi connectivity index (χ1v) is 11.5. The van der Waals surface area contributed by atoms with Crippen LogP contribution in [-0.2, 0) is 19.1 Å². The second-order valence-corrected chi connectivity index (χ2v) is 9.50. The second-order valence-electron chi connectivity index (χ2n) is 6.72. The van der Waals surface area contributed by atoms with Gasteiger partial charge in [-0.25, -0.2) is 9.59 Å². The van der Waals surface area contributed by atoms with Gasteiger partial charge in [0, 0.05) is 12.2 Å². The molecule has 0 aliphatic carbocycles. The summed E-state index contributed by atoms with van der Waals surface area (Å²) in [6, 6.07) is 5.84. The number of methoxy groups -OCH3 is 1. The first kappa shape index (κ1) is 22.5. The number of hydrogen-bond acceptors (Lipinski definition) is 8. The highest BCUT2D eigenvalue weighted by atomic mass is 32.2. The van der Waals surface area contributed by atoms with Crippen LogP contribution in [0.5, 0.6) is 0 Å². The zero-order valence-electron chi connectivity index (χ0n) is 16.0. The number of Topliss-reactive ketones (excluding diaryl/α,β-unsaturated/α-hetero) is 1. The lowest BCUT2D eigenvalue weighted by atomic mass is 9.98. The largest absolute Gasteiger partial charge is 0.480 e. The van der Waals surface area contributed by atoms with Crippen molar-refractivity contribution in [3.63, 3.8) is 0 Å². The average Bonchev–Trinajstić information content (AvgIpc) is 3.32. The number of hydrogen-bond donors (Lipinski definition) is 1. The maximum Gasteiger partial charge on any atom is 0.337 e. The molecular weight excluding hydrogens is 446 g/mol. The third-order valence-corrected chi connectivity index (χ3v) is 7.39. The molecule has 2 atom stereocenters. The van der Waals surface area contributed by atoms with Crippen molar-refractivity contribution in [2.45, 2.75) is 18.9 Å². The standard InChI is InChI=1S/C20H19NO6S3/c1-27-19(26)12-4-2-11(3-5-12)8-15-17(23)13(20(28)30-15)6-7-16(22)21-10-29-9-14(21)18(24)25/h2-5,8,13-14H,6-7,9-10H2,1H3,(H,24,25)/b15-8+. The number of thioether (sulfide) groups is 2. The Bertz CT molecular complexity index is 927. The second kappa shape index (κ2) is 9.76. The van der Waals surface area contributed by atoms with Gasteiger partial charge in [-0.1, -0.05) is 36.1 Å². The molecule has 30 heavy (non-hydrogen) atoms. The molecule has 2 aliphatic rings. The Morgan fingerprint density at radius 2 is 2.00 bits per heavy atom. The van der Waals surface area contributed by atoms with E-state index in [0.717, 1.165) is 5.56 Å². The summed E-state index contributed by atoms with van der Waals surface area (Å²) < 4.78 is 5.17. The van der Waals surface area contributed by atoms with E-state index < -0.39 is 23.9 Å². The summed E-state index contributed by atoms with van der Waals surface area (Å²) in [7, 11) is 1.31. The Hall–Kier alpha value is -2.17. The number of benzene rings is 1. The van der Waals surface area contributed by atoms with Gasteiger partial charge < -0.3 is 14.7 Å². The van der Waals surface area contributed by atoms with Crippen molar-refractivity contribution >= 4 is 69.6 Å². The molecule has 1 N–H and O–H groups in total. The van der Waals surface area contributed by atoms with Crippen LogP contribution in [0.3, 0.4) is 0 Å². The monoisotopic (exact) mass is 465 g/mol. The van der Waals surface area contributed by atoms with Crippen LogP contribution in [0.15, 0.2) is 29.2 Å². The van der Waals surface area contributed by atoms with Gasteiger partial charge in [-0.2, -0.15) is 0 Å². The normalized spacial score (nSPS) is 22.6. The van der Waals surface area contributed by atoms with E-state index in [2.05, 4.69) is 4.74 Å². The van der Waals surface area contributed by atoms with Crippen LogP contribution >= 0.6 is 35.7 Å². The lowest BCUT2D eigenvalue weighted by molar-refractivity contribution is -0.147. The molecule has 0 bridgehead atoms. The molecule has 0 radical (unpaired) electrons. The molecule has 0 aromatic heterocycles. The molecule has 158 valence electrons. The number of allylic oxidation sites excluding steroid dienone is 1. The molecule has 1 aromatic carbocycles. The number of carboxylic acids is 1. The van der Waals surface area contributed by atoms with Gasteiger partial charge in [0.25, 0.3) is 0 Å². The van der Waals surface area contributed by atoms with E-state index in [1.165, 1.54) is 35.5 Å².